The Morgan fingerprint density at radius 3 is 2.44 bits per heavy atom. The zero-order chi connectivity index (χ0) is 28.5. The largest absolute Gasteiger partial charge is 0.454 e. The number of guanidine groups is 2. The molecule has 1 heterocycles. The number of aliphatic imine (C=N–C) groups is 1. The fraction of sp³-hybridized carbons (Fsp3) is 0.120. The molecule has 0 spiro atoms. The van der Waals surface area contributed by atoms with Crippen molar-refractivity contribution in [3.05, 3.63) is 81.9 Å². The van der Waals surface area contributed by atoms with E-state index in [-0.39, 0.29) is 44.8 Å². The van der Waals surface area contributed by atoms with Crippen molar-refractivity contribution in [2.24, 2.45) is 22.2 Å². The Bertz CT molecular complexity index is 1640. The smallest absolute Gasteiger partial charge is 0.421 e. The van der Waals surface area contributed by atoms with Crippen LogP contribution in [0.5, 0.6) is 11.5 Å². The van der Waals surface area contributed by atoms with Crippen molar-refractivity contribution in [1.82, 2.24) is 0 Å². The third-order valence-electron chi connectivity index (χ3n) is 5.59. The van der Waals surface area contributed by atoms with Crippen LogP contribution < -0.4 is 26.8 Å². The van der Waals surface area contributed by atoms with E-state index in [0.29, 0.717) is 11.1 Å². The van der Waals surface area contributed by atoms with Crippen molar-refractivity contribution in [2.45, 2.75) is 24.2 Å². The number of carbonyl (C=O) groups excluding carboxylic acids is 2. The molecule has 39 heavy (non-hydrogen) atoms. The highest BCUT2D eigenvalue weighted by Gasteiger charge is 2.32. The number of aryl methyl sites for hydroxylation is 1. The minimum absolute atomic E-state index is 0.00517. The van der Waals surface area contributed by atoms with Crippen molar-refractivity contribution in [3.63, 3.8) is 0 Å². The number of hydrogen-bond donors (Lipinski definition) is 4. The third-order valence-corrected chi connectivity index (χ3v) is 7.54. The molecule has 0 fully saturated rings. The Balaban J connectivity index is 1.73. The van der Waals surface area contributed by atoms with Crippen LogP contribution in [0.4, 0.5) is 10.5 Å². The molecule has 0 bridgehead atoms. The highest BCUT2D eigenvalue weighted by atomic mass is 35.5. The number of ether oxygens (including phenoxy) is 2. The van der Waals surface area contributed by atoms with E-state index in [9.17, 15) is 18.0 Å². The number of amides is 2. The normalized spacial score (nSPS) is 13.1. The molecule has 4 rings (SSSR count). The molecule has 0 aliphatic carbocycles. The molecule has 3 aromatic rings. The summed E-state index contributed by atoms with van der Waals surface area (Å²) in [5.74, 6) is -2.60. The van der Waals surface area contributed by atoms with Gasteiger partial charge in [0.1, 0.15) is 23.0 Å². The van der Waals surface area contributed by atoms with Crippen molar-refractivity contribution in [1.29, 1.82) is 5.41 Å². The number of fused-ring (bicyclic) bond motifs is 2. The summed E-state index contributed by atoms with van der Waals surface area (Å²) in [4.78, 5) is 29.2. The Hall–Kier alpha value is -4.62. The zero-order valence-electron chi connectivity index (χ0n) is 20.5. The lowest BCUT2D eigenvalue weighted by molar-refractivity contribution is 0.100. The maximum Gasteiger partial charge on any atom is 0.421 e. The Morgan fingerprint density at radius 2 is 1.79 bits per heavy atom. The fourth-order valence-corrected chi connectivity index (χ4v) is 5.75. The number of anilines is 1. The van der Waals surface area contributed by atoms with Gasteiger partial charge in [0.15, 0.2) is 15.8 Å². The Labute approximate surface area is 228 Å². The van der Waals surface area contributed by atoms with Crippen molar-refractivity contribution in [3.8, 4) is 11.5 Å². The molecule has 0 unspecified atom stereocenters. The SMILES string of the molecule is Cc1cc(C(=O)N=C(N)N)cc2c1Oc1c(Cl)cc(N(C(=N)N)C(=O)OCc3ccccc3)cc1CS2(=O)=O. The minimum atomic E-state index is -4.11. The summed E-state index contributed by atoms with van der Waals surface area (Å²) in [6, 6.07) is 14.0. The molecule has 3 aromatic carbocycles. The van der Waals surface area contributed by atoms with Gasteiger partial charge >= 0.3 is 6.09 Å². The van der Waals surface area contributed by atoms with Crippen LogP contribution >= 0.6 is 11.6 Å². The van der Waals surface area contributed by atoms with Gasteiger partial charge in [0.25, 0.3) is 5.91 Å². The molecule has 0 radical (unpaired) electrons. The van der Waals surface area contributed by atoms with Crippen LogP contribution in [0.1, 0.15) is 27.0 Å². The van der Waals surface area contributed by atoms with Crippen LogP contribution in [0, 0.1) is 12.3 Å². The second-order valence-electron chi connectivity index (χ2n) is 8.50. The average molecular weight is 571 g/mol. The van der Waals surface area contributed by atoms with E-state index < -0.39 is 39.5 Å². The molecule has 7 N–H and O–H groups in total. The summed E-state index contributed by atoms with van der Waals surface area (Å²) in [6.07, 6.45) is -0.971. The number of nitrogens with one attached hydrogen (secondary N) is 1. The van der Waals surface area contributed by atoms with Gasteiger partial charge in [0, 0.05) is 11.1 Å². The van der Waals surface area contributed by atoms with Crippen molar-refractivity contribution < 1.29 is 27.5 Å². The summed E-state index contributed by atoms with van der Waals surface area (Å²) in [6.45, 7) is 1.46. The number of carbonyl (C=O) groups is 2. The summed E-state index contributed by atoms with van der Waals surface area (Å²) in [7, 11) is -4.11. The van der Waals surface area contributed by atoms with Gasteiger partial charge in [-0.3, -0.25) is 10.2 Å². The minimum Gasteiger partial charge on any atom is -0.454 e. The first-order chi connectivity index (χ1) is 18.4. The number of nitrogens with two attached hydrogens (primary N) is 3. The topological polar surface area (TPSA) is 204 Å². The molecular weight excluding hydrogens is 548 g/mol. The van der Waals surface area contributed by atoms with Gasteiger partial charge in [-0.15, -0.1) is 0 Å². The molecule has 1 aliphatic rings. The molecule has 12 nitrogen and oxygen atoms in total. The number of rotatable bonds is 4. The summed E-state index contributed by atoms with van der Waals surface area (Å²) in [5.41, 5.74) is 17.3. The molecule has 202 valence electrons. The van der Waals surface area contributed by atoms with E-state index in [1.807, 2.05) is 6.07 Å². The summed E-state index contributed by atoms with van der Waals surface area (Å²) in [5, 5.41) is 7.88. The molecule has 14 heteroatoms. The molecular formula is C25H23ClN6O6S. The fourth-order valence-electron chi connectivity index (χ4n) is 3.90. The van der Waals surface area contributed by atoms with E-state index in [2.05, 4.69) is 4.99 Å². The van der Waals surface area contributed by atoms with Crippen LogP contribution in [0.25, 0.3) is 0 Å². The van der Waals surface area contributed by atoms with Gasteiger partial charge in [0.05, 0.1) is 16.5 Å². The lowest BCUT2D eigenvalue weighted by Gasteiger charge is -2.22. The molecule has 0 atom stereocenters. The highest BCUT2D eigenvalue weighted by molar-refractivity contribution is 7.90. The molecule has 1 aliphatic heterocycles. The van der Waals surface area contributed by atoms with Gasteiger partial charge in [-0.2, -0.15) is 4.99 Å². The first-order valence-corrected chi connectivity index (χ1v) is 13.3. The first-order valence-electron chi connectivity index (χ1n) is 11.2. The van der Waals surface area contributed by atoms with Gasteiger partial charge < -0.3 is 26.7 Å². The predicted molar refractivity (Wildman–Crippen MR) is 145 cm³/mol. The van der Waals surface area contributed by atoms with Crippen molar-refractivity contribution >= 4 is 51.0 Å². The van der Waals surface area contributed by atoms with Gasteiger partial charge in [-0.1, -0.05) is 41.9 Å². The monoisotopic (exact) mass is 570 g/mol. The van der Waals surface area contributed by atoms with E-state index in [0.717, 1.165) is 11.0 Å². The average Bonchev–Trinajstić information content (AvgIpc) is 2.96. The second kappa shape index (κ2) is 10.6. The zero-order valence-corrected chi connectivity index (χ0v) is 22.0. The van der Waals surface area contributed by atoms with Crippen LogP contribution in [-0.4, -0.2) is 32.3 Å². The molecule has 0 saturated heterocycles. The first kappa shape index (κ1) is 27.4. The van der Waals surface area contributed by atoms with Gasteiger partial charge in [-0.05, 0) is 42.3 Å². The Morgan fingerprint density at radius 1 is 1.10 bits per heavy atom. The number of halogens is 1. The van der Waals surface area contributed by atoms with Gasteiger partial charge in [-0.25, -0.2) is 18.1 Å². The highest BCUT2D eigenvalue weighted by Crippen LogP contribution is 2.45. The van der Waals surface area contributed by atoms with Crippen LogP contribution in [-0.2, 0) is 26.9 Å². The second-order valence-corrected chi connectivity index (χ2v) is 10.9. The third kappa shape index (κ3) is 5.78. The Kier molecular flexibility index (Phi) is 7.47. The lowest BCUT2D eigenvalue weighted by atomic mass is 10.1. The standard InChI is InChI=1S/C25H23ClN6O6S/c1-13-7-15(22(33)31-23(27)28)9-19-20(13)38-21-16(12-39(19,35)36)8-17(10-18(21)26)32(24(29)30)25(34)37-11-14-5-3-2-4-6-14/h2-10H,11-12H2,1H3,(H3,29,30)(H4,27,28,31,33). The number of hydrogen-bond acceptors (Lipinski definition) is 7. The van der Waals surface area contributed by atoms with E-state index in [1.54, 1.807) is 31.2 Å². The number of nitrogens with zero attached hydrogens (tertiary/aromatic N) is 2. The van der Waals surface area contributed by atoms with Crippen LogP contribution in [0.3, 0.4) is 0 Å². The lowest BCUT2D eigenvalue weighted by Crippen LogP contribution is -2.41. The number of benzene rings is 3. The molecule has 2 amide bonds. The van der Waals surface area contributed by atoms with Crippen LogP contribution in [0.15, 0.2) is 64.5 Å². The molecule has 0 saturated carbocycles. The van der Waals surface area contributed by atoms with Crippen molar-refractivity contribution in [2.75, 3.05) is 4.90 Å². The van der Waals surface area contributed by atoms with E-state index >= 15 is 0 Å². The van der Waals surface area contributed by atoms with E-state index in [1.165, 1.54) is 18.2 Å². The summed E-state index contributed by atoms with van der Waals surface area (Å²) >= 11 is 6.49. The van der Waals surface area contributed by atoms with E-state index in [4.69, 9.17) is 43.7 Å². The maximum absolute atomic E-state index is 13.4. The maximum atomic E-state index is 13.4. The van der Waals surface area contributed by atoms with Gasteiger partial charge in [0.2, 0.25) is 5.96 Å². The van der Waals surface area contributed by atoms with Crippen LogP contribution in [0.2, 0.25) is 5.02 Å². The summed E-state index contributed by atoms with van der Waals surface area (Å²) < 4.78 is 38.1. The number of sulfone groups is 1. The predicted octanol–water partition coefficient (Wildman–Crippen LogP) is 3.18. The molecule has 0 aromatic heterocycles. The quantitative estimate of drug-likeness (QED) is 0.268.